The average Bonchev–Trinajstić information content (AvgIpc) is 3.01. The molecule has 0 spiro atoms. The van der Waals surface area contributed by atoms with E-state index in [1.54, 1.807) is 0 Å². The lowest BCUT2D eigenvalue weighted by molar-refractivity contribution is 0.171. The third-order valence-electron chi connectivity index (χ3n) is 4.17. The Kier molecular flexibility index (Phi) is 3.36. The van der Waals surface area contributed by atoms with Crippen molar-refractivity contribution in [3.05, 3.63) is 45.1 Å². The number of benzene rings is 1. The highest BCUT2D eigenvalue weighted by Gasteiger charge is 2.26. The summed E-state index contributed by atoms with van der Waals surface area (Å²) in [4.78, 5) is 2.83. The van der Waals surface area contributed by atoms with Gasteiger partial charge in [0.15, 0.2) is 11.5 Å². The van der Waals surface area contributed by atoms with Crippen molar-refractivity contribution in [3.63, 3.8) is 0 Å². The first-order chi connectivity index (χ1) is 10.3. The van der Waals surface area contributed by atoms with Crippen LogP contribution in [0.5, 0.6) is 11.5 Å². The van der Waals surface area contributed by atoms with Crippen LogP contribution in [-0.4, -0.2) is 19.8 Å². The molecule has 0 bridgehead atoms. The predicted molar refractivity (Wildman–Crippen MR) is 84.7 cm³/mol. The van der Waals surface area contributed by atoms with E-state index in [9.17, 15) is 0 Å². The van der Waals surface area contributed by atoms with Gasteiger partial charge in [0.1, 0.15) is 13.2 Å². The van der Waals surface area contributed by atoms with E-state index >= 15 is 0 Å². The fourth-order valence-electron chi connectivity index (χ4n) is 3.09. The van der Waals surface area contributed by atoms with E-state index in [0.29, 0.717) is 13.2 Å². The van der Waals surface area contributed by atoms with Crippen LogP contribution in [0.4, 0.5) is 0 Å². The average molecular weight is 301 g/mol. The fraction of sp³-hybridized carbons (Fsp3) is 0.412. The van der Waals surface area contributed by atoms with Crippen LogP contribution in [0.1, 0.15) is 33.8 Å². The highest BCUT2D eigenvalue weighted by molar-refractivity contribution is 7.12. The summed E-state index contributed by atoms with van der Waals surface area (Å²) in [7, 11) is 0. The molecule has 0 amide bonds. The maximum Gasteiger partial charge on any atom is 0.161 e. The molecule has 2 aromatic rings. The van der Waals surface area contributed by atoms with Gasteiger partial charge in [-0.25, -0.2) is 0 Å². The molecule has 0 saturated heterocycles. The Morgan fingerprint density at radius 3 is 2.76 bits per heavy atom. The molecule has 0 aliphatic carbocycles. The molecule has 4 heteroatoms. The summed E-state index contributed by atoms with van der Waals surface area (Å²) in [6.07, 6.45) is 2.15. The minimum Gasteiger partial charge on any atom is -0.486 e. The van der Waals surface area contributed by atoms with Crippen LogP contribution in [0.25, 0.3) is 0 Å². The van der Waals surface area contributed by atoms with E-state index < -0.39 is 0 Å². The van der Waals surface area contributed by atoms with Crippen molar-refractivity contribution in [2.45, 2.75) is 25.8 Å². The molecule has 2 aliphatic rings. The molecule has 1 N–H and O–H groups in total. The van der Waals surface area contributed by atoms with Crippen LogP contribution in [0, 0.1) is 0 Å². The van der Waals surface area contributed by atoms with Gasteiger partial charge in [-0.05, 0) is 48.2 Å². The van der Waals surface area contributed by atoms with Crippen molar-refractivity contribution in [2.24, 2.45) is 0 Å². The maximum atomic E-state index is 5.75. The highest BCUT2D eigenvalue weighted by Crippen LogP contribution is 2.40. The van der Waals surface area contributed by atoms with Gasteiger partial charge in [0.05, 0.1) is 6.04 Å². The van der Waals surface area contributed by atoms with E-state index in [1.165, 1.54) is 20.9 Å². The molecule has 1 atom stereocenters. The largest absolute Gasteiger partial charge is 0.486 e. The zero-order chi connectivity index (χ0) is 14.2. The van der Waals surface area contributed by atoms with Crippen LogP contribution in [-0.2, 0) is 12.8 Å². The normalized spacial score (nSPS) is 20.1. The van der Waals surface area contributed by atoms with Crippen molar-refractivity contribution in [1.29, 1.82) is 0 Å². The number of fused-ring (bicyclic) bond motifs is 2. The second kappa shape index (κ2) is 5.35. The number of hydrogen-bond donors (Lipinski definition) is 1. The third kappa shape index (κ3) is 2.32. The number of nitrogens with one attached hydrogen (secondary N) is 1. The van der Waals surface area contributed by atoms with Crippen molar-refractivity contribution < 1.29 is 9.47 Å². The SMILES string of the molecule is CCc1ccc(C2NCCc3cc4c(cc32)OCCO4)s1. The summed E-state index contributed by atoms with van der Waals surface area (Å²) in [5.41, 5.74) is 2.73. The lowest BCUT2D eigenvalue weighted by Gasteiger charge is -2.29. The molecule has 0 saturated carbocycles. The monoisotopic (exact) mass is 301 g/mol. The Morgan fingerprint density at radius 1 is 1.19 bits per heavy atom. The van der Waals surface area contributed by atoms with Crippen molar-refractivity contribution in [1.82, 2.24) is 5.32 Å². The highest BCUT2D eigenvalue weighted by atomic mass is 32.1. The molecule has 3 nitrogen and oxygen atoms in total. The lowest BCUT2D eigenvalue weighted by Crippen LogP contribution is -2.30. The fourth-order valence-corrected chi connectivity index (χ4v) is 4.13. The zero-order valence-electron chi connectivity index (χ0n) is 12.1. The van der Waals surface area contributed by atoms with Crippen LogP contribution in [0.2, 0.25) is 0 Å². The minimum absolute atomic E-state index is 0.287. The van der Waals surface area contributed by atoms with Gasteiger partial charge in [0.2, 0.25) is 0 Å². The van der Waals surface area contributed by atoms with Gasteiger partial charge in [-0.15, -0.1) is 11.3 Å². The molecule has 3 heterocycles. The zero-order valence-corrected chi connectivity index (χ0v) is 13.0. The first-order valence-electron chi connectivity index (χ1n) is 7.59. The van der Waals surface area contributed by atoms with Gasteiger partial charge < -0.3 is 14.8 Å². The quantitative estimate of drug-likeness (QED) is 0.923. The first kappa shape index (κ1) is 13.2. The summed E-state index contributed by atoms with van der Waals surface area (Å²) in [6.45, 7) is 4.51. The van der Waals surface area contributed by atoms with Crippen LogP contribution in [0.15, 0.2) is 24.3 Å². The van der Waals surface area contributed by atoms with E-state index in [1.807, 2.05) is 11.3 Å². The molecule has 0 fully saturated rings. The number of hydrogen-bond acceptors (Lipinski definition) is 4. The molecule has 1 unspecified atom stereocenters. The standard InChI is InChI=1S/C17H19NO2S/c1-2-12-3-4-16(21-12)17-13-10-15-14(19-7-8-20-15)9-11(13)5-6-18-17/h3-4,9-10,17-18H,2,5-8H2,1H3. The van der Waals surface area contributed by atoms with E-state index in [2.05, 4.69) is 36.5 Å². The molecule has 0 radical (unpaired) electrons. The molecule has 2 aliphatic heterocycles. The van der Waals surface area contributed by atoms with Gasteiger partial charge in [-0.3, -0.25) is 0 Å². The summed E-state index contributed by atoms with van der Waals surface area (Å²) < 4.78 is 11.5. The molecular weight excluding hydrogens is 282 g/mol. The molecule has 110 valence electrons. The number of rotatable bonds is 2. The maximum absolute atomic E-state index is 5.75. The Hall–Kier alpha value is -1.52. The molecular formula is C17H19NO2S. The Morgan fingerprint density at radius 2 is 2.00 bits per heavy atom. The molecule has 4 rings (SSSR count). The van der Waals surface area contributed by atoms with Gasteiger partial charge >= 0.3 is 0 Å². The third-order valence-corrected chi connectivity index (χ3v) is 5.47. The van der Waals surface area contributed by atoms with Crippen LogP contribution < -0.4 is 14.8 Å². The van der Waals surface area contributed by atoms with Gasteiger partial charge in [0, 0.05) is 16.3 Å². The Labute approximate surface area is 128 Å². The Bertz CT molecular complexity index is 665. The van der Waals surface area contributed by atoms with Crippen LogP contribution >= 0.6 is 11.3 Å². The predicted octanol–water partition coefficient (Wildman–Crippen LogP) is 3.32. The summed E-state index contributed by atoms with van der Waals surface area (Å²) in [6, 6.07) is 9.13. The minimum atomic E-state index is 0.287. The number of ether oxygens (including phenoxy) is 2. The van der Waals surface area contributed by atoms with Crippen molar-refractivity contribution in [2.75, 3.05) is 19.8 Å². The first-order valence-corrected chi connectivity index (χ1v) is 8.41. The summed E-state index contributed by atoms with van der Waals surface area (Å²) in [5.74, 6) is 1.79. The topological polar surface area (TPSA) is 30.5 Å². The van der Waals surface area contributed by atoms with E-state index in [4.69, 9.17) is 9.47 Å². The van der Waals surface area contributed by atoms with E-state index in [0.717, 1.165) is 30.9 Å². The Balaban J connectivity index is 1.76. The second-order valence-corrected chi connectivity index (χ2v) is 6.69. The van der Waals surface area contributed by atoms with Gasteiger partial charge in [0.25, 0.3) is 0 Å². The second-order valence-electron chi connectivity index (χ2n) is 5.49. The molecule has 21 heavy (non-hydrogen) atoms. The smallest absolute Gasteiger partial charge is 0.161 e. The molecule has 1 aromatic carbocycles. The van der Waals surface area contributed by atoms with Crippen molar-refractivity contribution >= 4 is 11.3 Å². The van der Waals surface area contributed by atoms with Crippen LogP contribution in [0.3, 0.4) is 0 Å². The van der Waals surface area contributed by atoms with E-state index in [-0.39, 0.29) is 6.04 Å². The number of thiophene rings is 1. The summed E-state index contributed by atoms with van der Waals surface area (Å²) in [5, 5.41) is 3.65. The summed E-state index contributed by atoms with van der Waals surface area (Å²) >= 11 is 1.91. The number of aryl methyl sites for hydroxylation is 1. The van der Waals surface area contributed by atoms with Gasteiger partial charge in [-0.2, -0.15) is 0 Å². The lowest BCUT2D eigenvalue weighted by atomic mass is 9.92. The van der Waals surface area contributed by atoms with Crippen molar-refractivity contribution in [3.8, 4) is 11.5 Å². The van der Waals surface area contributed by atoms with Gasteiger partial charge in [-0.1, -0.05) is 6.92 Å². The molecule has 1 aromatic heterocycles.